The van der Waals surface area contributed by atoms with Crippen molar-refractivity contribution < 1.29 is 4.79 Å². The highest BCUT2D eigenvalue weighted by atomic mass is 16.2. The Morgan fingerprint density at radius 3 is 2.47 bits per heavy atom. The van der Waals surface area contributed by atoms with Crippen molar-refractivity contribution in [3.8, 4) is 0 Å². The van der Waals surface area contributed by atoms with Gasteiger partial charge in [0.15, 0.2) is 11.6 Å². The number of nitrogens with two attached hydrogens (primary N) is 1. The molecule has 1 amide bonds. The summed E-state index contributed by atoms with van der Waals surface area (Å²) in [5.41, 5.74) is 9.20. The van der Waals surface area contributed by atoms with Gasteiger partial charge in [0.2, 0.25) is 11.9 Å². The topological polar surface area (TPSA) is 90.6 Å². The third-order valence-corrected chi connectivity index (χ3v) is 6.16. The molecule has 3 aliphatic rings. The predicted octanol–water partition coefficient (Wildman–Crippen LogP) is 2.21. The molecule has 3 aliphatic heterocycles. The van der Waals surface area contributed by atoms with Gasteiger partial charge in [-0.3, -0.25) is 9.69 Å². The number of nitrogens with zero attached hydrogens (tertiary/aromatic N) is 5. The molecule has 0 spiro atoms. The highest BCUT2D eigenvalue weighted by Gasteiger charge is 2.29. The van der Waals surface area contributed by atoms with Gasteiger partial charge in [0, 0.05) is 26.2 Å². The Bertz CT molecular complexity index is 937. The van der Waals surface area contributed by atoms with E-state index in [1.807, 2.05) is 4.90 Å². The highest BCUT2D eigenvalue weighted by Crippen LogP contribution is 2.35. The monoisotopic (exact) mass is 407 g/mol. The summed E-state index contributed by atoms with van der Waals surface area (Å²) in [7, 11) is 0. The molecule has 2 aromatic rings. The van der Waals surface area contributed by atoms with Crippen LogP contribution in [-0.2, 0) is 17.9 Å². The minimum absolute atomic E-state index is 0.0843. The lowest BCUT2D eigenvalue weighted by molar-refractivity contribution is -0.115. The smallest absolute Gasteiger partial charge is 0.244 e. The lowest BCUT2D eigenvalue weighted by Gasteiger charge is -2.34. The van der Waals surface area contributed by atoms with Crippen LogP contribution >= 0.6 is 0 Å². The number of hydrogen-bond donors (Lipinski definition) is 2. The molecule has 0 radical (unpaired) electrons. The molecule has 0 unspecified atom stereocenters. The highest BCUT2D eigenvalue weighted by molar-refractivity contribution is 6.03. The van der Waals surface area contributed by atoms with Gasteiger partial charge in [0.25, 0.3) is 0 Å². The molecule has 4 heterocycles. The normalized spacial score (nSPS) is 19.3. The molecule has 30 heavy (non-hydrogen) atoms. The lowest BCUT2D eigenvalue weighted by Crippen LogP contribution is -2.41. The largest absolute Gasteiger partial charge is 0.382 e. The second-order valence-corrected chi connectivity index (χ2v) is 8.51. The first-order valence-electron chi connectivity index (χ1n) is 10.9. The lowest BCUT2D eigenvalue weighted by atomic mass is 10.1. The Balaban J connectivity index is 1.38. The van der Waals surface area contributed by atoms with Gasteiger partial charge >= 0.3 is 0 Å². The SMILES string of the molecule is Nc1nc(N2CCC2)nc2c1NC(=O)CN2Cc1cccc(CN2CCCCC2)c1. The van der Waals surface area contributed by atoms with E-state index < -0.39 is 0 Å². The number of likely N-dealkylation sites (tertiary alicyclic amines) is 1. The zero-order valence-electron chi connectivity index (χ0n) is 17.3. The van der Waals surface area contributed by atoms with Crippen LogP contribution in [0.4, 0.5) is 23.3 Å². The van der Waals surface area contributed by atoms with Gasteiger partial charge in [-0.05, 0) is 43.5 Å². The van der Waals surface area contributed by atoms with Crippen molar-refractivity contribution in [1.29, 1.82) is 0 Å². The Morgan fingerprint density at radius 1 is 0.967 bits per heavy atom. The zero-order valence-corrected chi connectivity index (χ0v) is 17.3. The maximum absolute atomic E-state index is 12.3. The number of nitrogen functional groups attached to an aromatic ring is 1. The molecular weight excluding hydrogens is 378 g/mol. The molecule has 3 N–H and O–H groups in total. The van der Waals surface area contributed by atoms with Crippen LogP contribution in [0, 0.1) is 0 Å². The van der Waals surface area contributed by atoms with E-state index in [0.29, 0.717) is 29.8 Å². The maximum Gasteiger partial charge on any atom is 0.244 e. The number of aromatic nitrogens is 2. The summed E-state index contributed by atoms with van der Waals surface area (Å²) < 4.78 is 0. The number of rotatable bonds is 5. The average Bonchev–Trinajstić information content (AvgIpc) is 2.69. The van der Waals surface area contributed by atoms with Crippen LogP contribution in [0.1, 0.15) is 36.8 Å². The number of carbonyl (C=O) groups is 1. The average molecular weight is 408 g/mol. The van der Waals surface area contributed by atoms with E-state index in [2.05, 4.69) is 44.4 Å². The summed E-state index contributed by atoms with van der Waals surface area (Å²) in [6.07, 6.45) is 5.07. The second-order valence-electron chi connectivity index (χ2n) is 8.51. The fraction of sp³-hybridized carbons (Fsp3) is 0.500. The number of amides is 1. The van der Waals surface area contributed by atoms with Crippen LogP contribution < -0.4 is 20.9 Å². The van der Waals surface area contributed by atoms with Gasteiger partial charge in [-0.1, -0.05) is 30.7 Å². The Labute approximate surface area is 177 Å². The molecule has 158 valence electrons. The first-order valence-corrected chi connectivity index (χ1v) is 10.9. The molecule has 2 saturated heterocycles. The number of nitrogens with one attached hydrogen (secondary N) is 1. The summed E-state index contributed by atoms with van der Waals surface area (Å²) >= 11 is 0. The number of hydrogen-bond acceptors (Lipinski definition) is 7. The van der Waals surface area contributed by atoms with Crippen LogP contribution in [0.15, 0.2) is 24.3 Å². The minimum atomic E-state index is -0.0843. The van der Waals surface area contributed by atoms with Crippen molar-refractivity contribution in [2.24, 2.45) is 0 Å². The van der Waals surface area contributed by atoms with Gasteiger partial charge in [-0.25, -0.2) is 0 Å². The van der Waals surface area contributed by atoms with Crippen LogP contribution in [0.2, 0.25) is 0 Å². The minimum Gasteiger partial charge on any atom is -0.382 e. The van der Waals surface area contributed by atoms with Crippen molar-refractivity contribution >= 4 is 29.2 Å². The fourth-order valence-corrected chi connectivity index (χ4v) is 4.44. The summed E-state index contributed by atoms with van der Waals surface area (Å²) in [4.78, 5) is 28.1. The standard InChI is InChI=1S/C22H29N7O/c23-20-19-21(26-22(25-20)28-10-5-11-28)29(15-18(30)24-19)14-17-7-4-6-16(12-17)13-27-8-2-1-3-9-27/h4,6-7,12H,1-3,5,8-11,13-15H2,(H,24,30)(H2,23,25,26). The van der Waals surface area contributed by atoms with Crippen molar-refractivity contribution in [3.05, 3.63) is 35.4 Å². The molecule has 2 fully saturated rings. The van der Waals surface area contributed by atoms with Gasteiger partial charge in [-0.15, -0.1) is 0 Å². The van der Waals surface area contributed by atoms with E-state index in [1.165, 1.54) is 43.5 Å². The number of anilines is 4. The van der Waals surface area contributed by atoms with E-state index in [0.717, 1.165) is 26.1 Å². The first kappa shape index (κ1) is 19.1. The molecule has 1 aromatic carbocycles. The first-order chi connectivity index (χ1) is 14.7. The van der Waals surface area contributed by atoms with Crippen molar-refractivity contribution in [3.63, 3.8) is 0 Å². The van der Waals surface area contributed by atoms with E-state index >= 15 is 0 Å². The molecule has 8 heteroatoms. The molecule has 0 bridgehead atoms. The van der Waals surface area contributed by atoms with Gasteiger partial charge < -0.3 is 20.9 Å². The number of piperidine rings is 1. The number of fused-ring (bicyclic) bond motifs is 1. The molecule has 0 saturated carbocycles. The van der Waals surface area contributed by atoms with E-state index in [1.54, 1.807) is 0 Å². The predicted molar refractivity (Wildman–Crippen MR) is 119 cm³/mol. The summed E-state index contributed by atoms with van der Waals surface area (Å²) in [5, 5.41) is 2.86. The summed E-state index contributed by atoms with van der Waals surface area (Å²) in [6.45, 7) is 6.12. The van der Waals surface area contributed by atoms with Gasteiger partial charge in [0.05, 0.1) is 6.54 Å². The van der Waals surface area contributed by atoms with Crippen molar-refractivity contribution in [2.45, 2.75) is 38.8 Å². The maximum atomic E-state index is 12.3. The second kappa shape index (κ2) is 8.10. The van der Waals surface area contributed by atoms with E-state index in [9.17, 15) is 4.79 Å². The van der Waals surface area contributed by atoms with Crippen molar-refractivity contribution in [1.82, 2.24) is 14.9 Å². The fourth-order valence-electron chi connectivity index (χ4n) is 4.44. The van der Waals surface area contributed by atoms with Crippen LogP contribution in [0.5, 0.6) is 0 Å². The zero-order chi connectivity index (χ0) is 20.5. The summed E-state index contributed by atoms with van der Waals surface area (Å²) in [6, 6.07) is 8.67. The van der Waals surface area contributed by atoms with Crippen LogP contribution in [0.25, 0.3) is 0 Å². The molecule has 1 aromatic heterocycles. The van der Waals surface area contributed by atoms with Gasteiger partial charge in [-0.2, -0.15) is 9.97 Å². The Kier molecular flexibility index (Phi) is 5.16. The summed E-state index contributed by atoms with van der Waals surface area (Å²) in [5.74, 6) is 1.61. The van der Waals surface area contributed by atoms with Crippen LogP contribution in [0.3, 0.4) is 0 Å². The van der Waals surface area contributed by atoms with Gasteiger partial charge in [0.1, 0.15) is 5.69 Å². The molecule has 0 aliphatic carbocycles. The number of benzene rings is 1. The Hall–Kier alpha value is -2.87. The van der Waals surface area contributed by atoms with E-state index in [-0.39, 0.29) is 12.5 Å². The van der Waals surface area contributed by atoms with Crippen LogP contribution in [-0.4, -0.2) is 53.5 Å². The quantitative estimate of drug-likeness (QED) is 0.785. The molecule has 8 nitrogen and oxygen atoms in total. The Morgan fingerprint density at radius 2 is 1.73 bits per heavy atom. The molecular formula is C22H29N7O. The third kappa shape index (κ3) is 3.92. The van der Waals surface area contributed by atoms with Crippen molar-refractivity contribution in [2.75, 3.05) is 53.6 Å². The van der Waals surface area contributed by atoms with E-state index in [4.69, 9.17) is 10.7 Å². The number of carbonyl (C=O) groups excluding carboxylic acids is 1. The molecule has 5 rings (SSSR count). The third-order valence-electron chi connectivity index (χ3n) is 6.16. The molecule has 0 atom stereocenters.